The standard InChI is InChI=1S/C19H20N2O5S/c1-25-15-6-3-5-12(19(15)26-2)14-11-13(16-7-4-10-27-16)20-21(14)17(22)8-9-18(23)24/h3-7,10,14H,8-9,11H2,1-2H3,(H,23,24)/p-1/t14-/m1/s1. The Morgan fingerprint density at radius 1 is 1.22 bits per heavy atom. The molecule has 1 atom stereocenters. The van der Waals surface area contributed by atoms with Crippen molar-refractivity contribution in [3.05, 3.63) is 46.2 Å². The molecule has 2 aromatic rings. The Labute approximate surface area is 160 Å². The average Bonchev–Trinajstić information content (AvgIpc) is 3.34. The second-order valence-electron chi connectivity index (χ2n) is 5.94. The van der Waals surface area contributed by atoms with Gasteiger partial charge in [0.2, 0.25) is 5.91 Å². The van der Waals surface area contributed by atoms with Crippen LogP contribution in [-0.4, -0.2) is 36.8 Å². The van der Waals surface area contributed by atoms with Crippen LogP contribution < -0.4 is 14.6 Å². The number of aliphatic carboxylic acids is 1. The maximum Gasteiger partial charge on any atom is 0.243 e. The predicted molar refractivity (Wildman–Crippen MR) is 98.8 cm³/mol. The molecule has 0 unspecified atom stereocenters. The first-order chi connectivity index (χ1) is 13.0. The van der Waals surface area contributed by atoms with E-state index in [0.717, 1.165) is 16.2 Å². The number of hydrogen-bond acceptors (Lipinski definition) is 7. The van der Waals surface area contributed by atoms with Gasteiger partial charge in [-0.25, -0.2) is 5.01 Å². The van der Waals surface area contributed by atoms with E-state index in [1.54, 1.807) is 20.3 Å². The molecule has 0 saturated carbocycles. The summed E-state index contributed by atoms with van der Waals surface area (Å²) in [5, 5.41) is 18.6. The van der Waals surface area contributed by atoms with Gasteiger partial charge in [0, 0.05) is 24.4 Å². The summed E-state index contributed by atoms with van der Waals surface area (Å²) in [5.74, 6) is -0.548. The third-order valence-electron chi connectivity index (χ3n) is 4.31. The zero-order valence-corrected chi connectivity index (χ0v) is 15.8. The van der Waals surface area contributed by atoms with Crippen molar-refractivity contribution < 1.29 is 24.2 Å². The van der Waals surface area contributed by atoms with Gasteiger partial charge < -0.3 is 19.4 Å². The van der Waals surface area contributed by atoms with E-state index in [4.69, 9.17) is 9.47 Å². The first-order valence-corrected chi connectivity index (χ1v) is 9.27. The smallest absolute Gasteiger partial charge is 0.243 e. The number of nitrogens with zero attached hydrogens (tertiary/aromatic N) is 2. The molecule has 0 N–H and O–H groups in total. The number of carboxylic acid groups (broad SMARTS) is 1. The number of para-hydroxylation sites is 1. The number of hydrazone groups is 1. The molecule has 0 radical (unpaired) electrons. The molecule has 2 heterocycles. The minimum absolute atomic E-state index is 0.174. The fraction of sp³-hybridized carbons (Fsp3) is 0.316. The van der Waals surface area contributed by atoms with Crippen LogP contribution in [-0.2, 0) is 9.59 Å². The Hall–Kier alpha value is -2.87. The highest BCUT2D eigenvalue weighted by atomic mass is 32.1. The van der Waals surface area contributed by atoms with Gasteiger partial charge in [-0.3, -0.25) is 4.79 Å². The predicted octanol–water partition coefficient (Wildman–Crippen LogP) is 1.97. The van der Waals surface area contributed by atoms with E-state index >= 15 is 0 Å². The van der Waals surface area contributed by atoms with Gasteiger partial charge >= 0.3 is 0 Å². The normalized spacial score (nSPS) is 16.1. The van der Waals surface area contributed by atoms with Gasteiger partial charge in [0.1, 0.15) is 0 Å². The number of benzene rings is 1. The highest BCUT2D eigenvalue weighted by Gasteiger charge is 2.35. The van der Waals surface area contributed by atoms with E-state index in [-0.39, 0.29) is 18.7 Å². The van der Waals surface area contributed by atoms with Crippen LogP contribution >= 0.6 is 11.3 Å². The third-order valence-corrected chi connectivity index (χ3v) is 5.23. The number of amides is 1. The number of carbonyl (C=O) groups excluding carboxylic acids is 2. The van der Waals surface area contributed by atoms with Crippen molar-refractivity contribution in [2.75, 3.05) is 14.2 Å². The molecule has 0 saturated heterocycles. The highest BCUT2D eigenvalue weighted by Crippen LogP contribution is 2.42. The lowest BCUT2D eigenvalue weighted by Gasteiger charge is -2.24. The molecule has 142 valence electrons. The lowest BCUT2D eigenvalue weighted by atomic mass is 9.99. The van der Waals surface area contributed by atoms with Gasteiger partial charge in [-0.05, 0) is 23.9 Å². The second-order valence-corrected chi connectivity index (χ2v) is 6.88. The lowest BCUT2D eigenvalue weighted by Crippen LogP contribution is -2.30. The van der Waals surface area contributed by atoms with E-state index < -0.39 is 12.0 Å². The van der Waals surface area contributed by atoms with Crippen LogP contribution in [0.4, 0.5) is 0 Å². The SMILES string of the molecule is COc1cccc([C@H]2CC(c3cccs3)=NN2C(=O)CCC(=O)[O-])c1OC. The largest absolute Gasteiger partial charge is 0.550 e. The minimum Gasteiger partial charge on any atom is -0.550 e. The number of carboxylic acids is 1. The first-order valence-electron chi connectivity index (χ1n) is 8.39. The second kappa shape index (κ2) is 8.22. The summed E-state index contributed by atoms with van der Waals surface area (Å²) in [6.07, 6.45) is -0.0193. The van der Waals surface area contributed by atoms with Gasteiger partial charge in [0.25, 0.3) is 0 Å². The molecule has 0 aliphatic carbocycles. The number of methoxy groups -OCH3 is 2. The highest BCUT2D eigenvalue weighted by molar-refractivity contribution is 7.12. The van der Waals surface area contributed by atoms with Gasteiger partial charge in [-0.2, -0.15) is 5.10 Å². The third kappa shape index (κ3) is 3.95. The molecule has 0 spiro atoms. The average molecular weight is 387 g/mol. The molecule has 1 amide bonds. The molecular formula is C19H19N2O5S-. The van der Waals surface area contributed by atoms with Crippen LogP contribution in [0, 0.1) is 0 Å². The maximum atomic E-state index is 12.7. The van der Waals surface area contributed by atoms with E-state index in [1.807, 2.05) is 29.6 Å². The molecule has 1 aromatic heterocycles. The number of ether oxygens (including phenoxy) is 2. The fourth-order valence-electron chi connectivity index (χ4n) is 3.07. The summed E-state index contributed by atoms with van der Waals surface area (Å²) in [5.41, 5.74) is 1.54. The van der Waals surface area contributed by atoms with Crippen LogP contribution in [0.2, 0.25) is 0 Å². The van der Waals surface area contributed by atoms with Crippen molar-refractivity contribution in [3.63, 3.8) is 0 Å². The number of rotatable bonds is 7. The molecular weight excluding hydrogens is 368 g/mol. The van der Waals surface area contributed by atoms with Crippen LogP contribution in [0.25, 0.3) is 0 Å². The summed E-state index contributed by atoms with van der Waals surface area (Å²) in [6, 6.07) is 8.92. The van der Waals surface area contributed by atoms with E-state index in [1.165, 1.54) is 16.3 Å². The topological polar surface area (TPSA) is 91.3 Å². The monoisotopic (exact) mass is 387 g/mol. The number of carbonyl (C=O) groups is 2. The summed E-state index contributed by atoms with van der Waals surface area (Å²) in [4.78, 5) is 24.4. The van der Waals surface area contributed by atoms with Gasteiger partial charge in [0.05, 0.1) is 30.9 Å². The number of hydrogen-bond donors (Lipinski definition) is 0. The van der Waals surface area contributed by atoms with Gasteiger partial charge in [0.15, 0.2) is 11.5 Å². The molecule has 1 aliphatic rings. The first kappa shape index (κ1) is 18.9. The Bertz CT molecular complexity index is 863. The number of thiophene rings is 1. The van der Waals surface area contributed by atoms with Crippen molar-refractivity contribution in [1.29, 1.82) is 0 Å². The maximum absolute atomic E-state index is 12.7. The summed E-state index contributed by atoms with van der Waals surface area (Å²) < 4.78 is 10.9. The Balaban J connectivity index is 1.97. The molecule has 8 heteroatoms. The van der Waals surface area contributed by atoms with E-state index in [9.17, 15) is 14.7 Å². The Kier molecular flexibility index (Phi) is 5.75. The van der Waals surface area contributed by atoms with Crippen molar-refractivity contribution in [2.45, 2.75) is 25.3 Å². The molecule has 0 bridgehead atoms. The summed E-state index contributed by atoms with van der Waals surface area (Å²) in [7, 11) is 3.09. The van der Waals surface area contributed by atoms with Crippen molar-refractivity contribution >= 4 is 28.9 Å². The summed E-state index contributed by atoms with van der Waals surface area (Å²) in [6.45, 7) is 0. The zero-order chi connectivity index (χ0) is 19.4. The molecule has 7 nitrogen and oxygen atoms in total. The van der Waals surface area contributed by atoms with Crippen LogP contribution in [0.15, 0.2) is 40.8 Å². The fourth-order valence-corrected chi connectivity index (χ4v) is 3.79. The van der Waals surface area contributed by atoms with E-state index in [0.29, 0.717) is 17.9 Å². The molecule has 0 fully saturated rings. The molecule has 27 heavy (non-hydrogen) atoms. The van der Waals surface area contributed by atoms with Crippen LogP contribution in [0.3, 0.4) is 0 Å². The van der Waals surface area contributed by atoms with E-state index in [2.05, 4.69) is 5.10 Å². The minimum atomic E-state index is -1.26. The molecule has 1 aliphatic heterocycles. The van der Waals surface area contributed by atoms with Crippen molar-refractivity contribution in [1.82, 2.24) is 5.01 Å². The lowest BCUT2D eigenvalue weighted by molar-refractivity contribution is -0.305. The molecule has 1 aromatic carbocycles. The van der Waals surface area contributed by atoms with Gasteiger partial charge in [-0.1, -0.05) is 18.2 Å². The van der Waals surface area contributed by atoms with Crippen molar-refractivity contribution in [3.8, 4) is 11.5 Å². The Morgan fingerprint density at radius 3 is 2.67 bits per heavy atom. The quantitative estimate of drug-likeness (QED) is 0.724. The van der Waals surface area contributed by atoms with Crippen LogP contribution in [0.5, 0.6) is 11.5 Å². The van der Waals surface area contributed by atoms with Crippen molar-refractivity contribution in [2.24, 2.45) is 5.10 Å². The Morgan fingerprint density at radius 2 is 2.04 bits per heavy atom. The van der Waals surface area contributed by atoms with Crippen LogP contribution in [0.1, 0.15) is 35.7 Å². The molecule has 3 rings (SSSR count). The zero-order valence-electron chi connectivity index (χ0n) is 15.0. The summed E-state index contributed by atoms with van der Waals surface area (Å²) >= 11 is 1.54. The van der Waals surface area contributed by atoms with Gasteiger partial charge in [-0.15, -0.1) is 11.3 Å².